The summed E-state index contributed by atoms with van der Waals surface area (Å²) in [6, 6.07) is 0.0751. The Bertz CT molecular complexity index is 198. The third-order valence-electron chi connectivity index (χ3n) is 2.60. The fourth-order valence-corrected chi connectivity index (χ4v) is 1.86. The molecule has 5 heteroatoms. The van der Waals surface area contributed by atoms with Crippen molar-refractivity contribution in [2.45, 2.75) is 37.7 Å². The molecule has 1 aliphatic heterocycles. The topological polar surface area (TPSA) is 36.9 Å². The summed E-state index contributed by atoms with van der Waals surface area (Å²) in [5.41, 5.74) is -0.307. The molecule has 0 unspecified atom stereocenters. The molecule has 15 heavy (non-hydrogen) atoms. The third-order valence-corrected chi connectivity index (χ3v) is 2.60. The summed E-state index contributed by atoms with van der Waals surface area (Å²) >= 11 is 0. The zero-order chi connectivity index (χ0) is 11.5. The molecular weight excluding hydrogens is 195 g/mol. The van der Waals surface area contributed by atoms with E-state index in [9.17, 15) is 0 Å². The molecule has 3 atom stereocenters. The highest BCUT2D eigenvalue weighted by molar-refractivity contribution is 6.11. The highest BCUT2D eigenvalue weighted by Gasteiger charge is 2.39. The average Bonchev–Trinajstić information content (AvgIpc) is 2.47. The summed E-state index contributed by atoms with van der Waals surface area (Å²) in [5.74, 6) is 0. The molecule has 0 saturated carbocycles. The van der Waals surface area contributed by atoms with E-state index in [1.165, 1.54) is 0 Å². The normalized spacial score (nSPS) is 32.1. The molecule has 0 radical (unpaired) electrons. The van der Waals surface area contributed by atoms with Crippen molar-refractivity contribution < 1.29 is 18.9 Å². The Kier molecular flexibility index (Phi) is 4.58. The monoisotopic (exact) mass is 216 g/mol. The predicted molar refractivity (Wildman–Crippen MR) is 59.9 cm³/mol. The Morgan fingerprint density at radius 2 is 2.07 bits per heavy atom. The largest absolute Gasteiger partial charge is 0.382 e. The molecule has 0 amide bonds. The van der Waals surface area contributed by atoms with Crippen LogP contribution in [-0.4, -0.2) is 59.1 Å². The molecule has 1 heterocycles. The number of rotatable bonds is 5. The minimum absolute atomic E-state index is 0.0138. The zero-order valence-corrected chi connectivity index (χ0v) is 10.3. The van der Waals surface area contributed by atoms with E-state index in [1.807, 2.05) is 21.7 Å². The molecular formula is C10H21BO4. The van der Waals surface area contributed by atoms with Gasteiger partial charge in [-0.2, -0.15) is 0 Å². The first-order valence-electron chi connectivity index (χ1n) is 5.31. The van der Waals surface area contributed by atoms with Gasteiger partial charge in [0.2, 0.25) is 0 Å². The molecule has 0 aliphatic carbocycles. The van der Waals surface area contributed by atoms with Gasteiger partial charge in [0.05, 0.1) is 24.8 Å². The van der Waals surface area contributed by atoms with E-state index in [4.69, 9.17) is 18.9 Å². The van der Waals surface area contributed by atoms with Crippen LogP contribution in [0.5, 0.6) is 0 Å². The van der Waals surface area contributed by atoms with Gasteiger partial charge >= 0.3 is 0 Å². The lowest BCUT2D eigenvalue weighted by atomic mass is 9.93. The van der Waals surface area contributed by atoms with Crippen molar-refractivity contribution in [3.8, 4) is 0 Å². The Balaban J connectivity index is 2.54. The number of hydrogen-bond acceptors (Lipinski definition) is 4. The number of hydrogen-bond donors (Lipinski definition) is 0. The van der Waals surface area contributed by atoms with Crippen LogP contribution in [0.15, 0.2) is 0 Å². The first-order chi connectivity index (χ1) is 7.00. The second kappa shape index (κ2) is 5.30. The molecule has 4 nitrogen and oxygen atoms in total. The summed E-state index contributed by atoms with van der Waals surface area (Å²) in [6.45, 7) is 5.18. The standard InChI is InChI=1S/C10H21BO4/c1-10(2,6-12-3)15-8-7(13-4)5-14-9(8)11/h7-9H,5-6,11H2,1-4H3/t7-,8-,9+/m0/s1. The smallest absolute Gasteiger partial charge is 0.142 e. The van der Waals surface area contributed by atoms with Gasteiger partial charge in [-0.3, -0.25) is 0 Å². The van der Waals surface area contributed by atoms with Gasteiger partial charge in [0.25, 0.3) is 0 Å². The van der Waals surface area contributed by atoms with Crippen molar-refractivity contribution in [2.24, 2.45) is 0 Å². The number of methoxy groups -OCH3 is 2. The van der Waals surface area contributed by atoms with Gasteiger partial charge in [-0.15, -0.1) is 0 Å². The summed E-state index contributed by atoms with van der Waals surface area (Å²) in [5, 5.41) is 0. The second-order valence-corrected chi connectivity index (χ2v) is 4.59. The molecule has 0 aromatic carbocycles. The van der Waals surface area contributed by atoms with E-state index in [2.05, 4.69) is 0 Å². The van der Waals surface area contributed by atoms with Gasteiger partial charge in [-0.25, -0.2) is 0 Å². The van der Waals surface area contributed by atoms with Crippen molar-refractivity contribution in [3.63, 3.8) is 0 Å². The van der Waals surface area contributed by atoms with E-state index in [1.54, 1.807) is 14.2 Å². The Hall–Kier alpha value is -0.0951. The quantitative estimate of drug-likeness (QED) is 0.596. The van der Waals surface area contributed by atoms with E-state index in [0.29, 0.717) is 13.2 Å². The lowest BCUT2D eigenvalue weighted by molar-refractivity contribution is -0.137. The van der Waals surface area contributed by atoms with Gasteiger partial charge in [-0.05, 0) is 13.8 Å². The van der Waals surface area contributed by atoms with Gasteiger partial charge in [0.15, 0.2) is 0 Å². The molecule has 0 aromatic rings. The van der Waals surface area contributed by atoms with Gasteiger partial charge in [0, 0.05) is 14.2 Å². The van der Waals surface area contributed by atoms with Gasteiger partial charge in [0.1, 0.15) is 20.1 Å². The van der Waals surface area contributed by atoms with Crippen LogP contribution in [0.1, 0.15) is 13.8 Å². The molecule has 0 spiro atoms. The molecule has 0 bridgehead atoms. The molecule has 1 fully saturated rings. The predicted octanol–water partition coefficient (Wildman–Crippen LogP) is -0.199. The van der Waals surface area contributed by atoms with Crippen LogP contribution in [0, 0.1) is 0 Å². The van der Waals surface area contributed by atoms with E-state index < -0.39 is 0 Å². The minimum atomic E-state index is -0.307. The maximum Gasteiger partial charge on any atom is 0.142 e. The average molecular weight is 216 g/mol. The van der Waals surface area contributed by atoms with Crippen molar-refractivity contribution in [1.82, 2.24) is 0 Å². The zero-order valence-electron chi connectivity index (χ0n) is 10.3. The third kappa shape index (κ3) is 3.45. The van der Waals surface area contributed by atoms with Crippen LogP contribution in [0.4, 0.5) is 0 Å². The fourth-order valence-electron chi connectivity index (χ4n) is 1.86. The van der Waals surface area contributed by atoms with Gasteiger partial charge in [-0.1, -0.05) is 0 Å². The van der Waals surface area contributed by atoms with Crippen molar-refractivity contribution in [1.29, 1.82) is 0 Å². The second-order valence-electron chi connectivity index (χ2n) is 4.59. The van der Waals surface area contributed by atoms with Crippen LogP contribution in [0.3, 0.4) is 0 Å². The van der Waals surface area contributed by atoms with Crippen molar-refractivity contribution in [3.05, 3.63) is 0 Å². The van der Waals surface area contributed by atoms with Crippen LogP contribution >= 0.6 is 0 Å². The molecule has 1 aliphatic rings. The summed E-state index contributed by atoms with van der Waals surface area (Å²) in [4.78, 5) is 0. The Labute approximate surface area is 92.6 Å². The van der Waals surface area contributed by atoms with E-state index in [-0.39, 0.29) is 23.8 Å². The molecule has 1 saturated heterocycles. The number of ether oxygens (including phenoxy) is 4. The maximum atomic E-state index is 5.98. The molecule has 0 N–H and O–H groups in total. The molecule has 88 valence electrons. The van der Waals surface area contributed by atoms with Crippen molar-refractivity contribution >= 4 is 7.85 Å². The van der Waals surface area contributed by atoms with Gasteiger partial charge < -0.3 is 18.9 Å². The molecule has 1 rings (SSSR count). The van der Waals surface area contributed by atoms with E-state index in [0.717, 1.165) is 0 Å². The van der Waals surface area contributed by atoms with Crippen LogP contribution in [0.25, 0.3) is 0 Å². The lowest BCUT2D eigenvalue weighted by Gasteiger charge is -2.31. The lowest BCUT2D eigenvalue weighted by Crippen LogP contribution is -2.43. The summed E-state index contributed by atoms with van der Waals surface area (Å²) < 4.78 is 21.9. The van der Waals surface area contributed by atoms with Crippen LogP contribution in [-0.2, 0) is 18.9 Å². The Morgan fingerprint density at radius 3 is 2.60 bits per heavy atom. The molecule has 0 aromatic heterocycles. The summed E-state index contributed by atoms with van der Waals surface area (Å²) in [6.07, 6.45) is 0.0104. The Morgan fingerprint density at radius 1 is 1.40 bits per heavy atom. The maximum absolute atomic E-state index is 5.98. The highest BCUT2D eigenvalue weighted by atomic mass is 16.6. The first-order valence-corrected chi connectivity index (χ1v) is 5.31. The van der Waals surface area contributed by atoms with Crippen molar-refractivity contribution in [2.75, 3.05) is 27.4 Å². The fraction of sp³-hybridized carbons (Fsp3) is 1.00. The first kappa shape index (κ1) is 13.0. The highest BCUT2D eigenvalue weighted by Crippen LogP contribution is 2.23. The minimum Gasteiger partial charge on any atom is -0.382 e. The van der Waals surface area contributed by atoms with Crippen LogP contribution in [0.2, 0.25) is 0 Å². The van der Waals surface area contributed by atoms with E-state index >= 15 is 0 Å². The summed E-state index contributed by atoms with van der Waals surface area (Å²) in [7, 11) is 5.37. The van der Waals surface area contributed by atoms with Crippen LogP contribution < -0.4 is 0 Å². The SMILES string of the molecule is B[C@@H]1OC[C@H](OC)[C@@H]1OC(C)(C)COC.